The summed E-state index contributed by atoms with van der Waals surface area (Å²) in [5, 5.41) is 2.16. The Morgan fingerprint density at radius 1 is 1.14 bits per heavy atom. The molecule has 2 aliphatic heterocycles. The molecule has 4 heteroatoms. The third kappa shape index (κ3) is 2.13. The van der Waals surface area contributed by atoms with Gasteiger partial charge in [0.2, 0.25) is 0 Å². The average Bonchev–Trinajstić information content (AvgIpc) is 3.13. The van der Waals surface area contributed by atoms with E-state index in [-0.39, 0.29) is 6.10 Å². The van der Waals surface area contributed by atoms with Crippen molar-refractivity contribution in [3.8, 4) is 0 Å². The first-order valence-corrected chi connectivity index (χ1v) is 7.95. The van der Waals surface area contributed by atoms with Gasteiger partial charge in [0.05, 0.1) is 25.2 Å². The summed E-state index contributed by atoms with van der Waals surface area (Å²) in [6.07, 6.45) is 1.11. The second kappa shape index (κ2) is 5.06. The van der Waals surface area contributed by atoms with Crippen molar-refractivity contribution in [1.29, 1.82) is 0 Å². The SMILES string of the molecule is C[C@H]1CC2(OCCO2)[C@H]2[C@@H]1N(Cc1ccccc1)O[C@@H]2C. The number of benzene rings is 1. The molecule has 2 heterocycles. The van der Waals surface area contributed by atoms with Crippen molar-refractivity contribution < 1.29 is 14.3 Å². The molecule has 4 atom stereocenters. The fourth-order valence-corrected chi connectivity index (χ4v) is 4.45. The van der Waals surface area contributed by atoms with Gasteiger partial charge in [-0.2, -0.15) is 5.06 Å². The lowest BCUT2D eigenvalue weighted by molar-refractivity contribution is -0.210. The number of nitrogens with zero attached hydrogens (tertiary/aromatic N) is 1. The van der Waals surface area contributed by atoms with Crippen molar-refractivity contribution in [2.45, 2.75) is 44.7 Å². The highest BCUT2D eigenvalue weighted by molar-refractivity contribution is 5.15. The van der Waals surface area contributed by atoms with Crippen LogP contribution in [0.4, 0.5) is 0 Å². The first kappa shape index (κ1) is 13.7. The Labute approximate surface area is 125 Å². The van der Waals surface area contributed by atoms with E-state index in [1.54, 1.807) is 0 Å². The number of fused-ring (bicyclic) bond motifs is 2. The van der Waals surface area contributed by atoms with Gasteiger partial charge in [0.1, 0.15) is 0 Å². The van der Waals surface area contributed by atoms with E-state index in [1.165, 1.54) is 5.56 Å². The third-order valence-electron chi connectivity index (χ3n) is 5.16. The standard InChI is InChI=1S/C17H23NO3/c1-12-10-17(19-8-9-20-17)15-13(2)21-18(16(12)15)11-14-6-4-3-5-7-14/h3-7,12-13,15-16H,8-11H2,1-2H3/t12-,13+,15+,16+/m0/s1. The Morgan fingerprint density at radius 2 is 1.86 bits per heavy atom. The van der Waals surface area contributed by atoms with Gasteiger partial charge < -0.3 is 9.47 Å². The topological polar surface area (TPSA) is 30.9 Å². The molecule has 4 rings (SSSR count). The van der Waals surface area contributed by atoms with Crippen LogP contribution in [0.1, 0.15) is 25.8 Å². The molecule has 0 N–H and O–H groups in total. The molecule has 1 aromatic rings. The fourth-order valence-electron chi connectivity index (χ4n) is 4.45. The minimum atomic E-state index is -0.408. The van der Waals surface area contributed by atoms with Crippen LogP contribution in [0.25, 0.3) is 0 Å². The summed E-state index contributed by atoms with van der Waals surface area (Å²) in [6.45, 7) is 6.68. The van der Waals surface area contributed by atoms with Gasteiger partial charge in [-0.15, -0.1) is 0 Å². The minimum absolute atomic E-state index is 0.141. The minimum Gasteiger partial charge on any atom is -0.347 e. The summed E-state index contributed by atoms with van der Waals surface area (Å²) < 4.78 is 12.1. The molecule has 2 saturated heterocycles. The predicted molar refractivity (Wildman–Crippen MR) is 78.2 cm³/mol. The molecule has 4 nitrogen and oxygen atoms in total. The van der Waals surface area contributed by atoms with Crippen LogP contribution in [0.2, 0.25) is 0 Å². The van der Waals surface area contributed by atoms with E-state index in [1.807, 2.05) is 6.07 Å². The Hall–Kier alpha value is -0.940. The lowest BCUT2D eigenvalue weighted by Gasteiger charge is -2.29. The van der Waals surface area contributed by atoms with Crippen molar-refractivity contribution in [2.75, 3.05) is 13.2 Å². The Morgan fingerprint density at radius 3 is 2.57 bits per heavy atom. The summed E-state index contributed by atoms with van der Waals surface area (Å²) in [5.41, 5.74) is 1.28. The van der Waals surface area contributed by atoms with Crippen LogP contribution in [0.15, 0.2) is 30.3 Å². The number of rotatable bonds is 2. The Kier molecular flexibility index (Phi) is 3.30. The Balaban J connectivity index is 1.59. The zero-order valence-corrected chi connectivity index (χ0v) is 12.7. The van der Waals surface area contributed by atoms with E-state index < -0.39 is 5.79 Å². The van der Waals surface area contributed by atoms with Crippen LogP contribution < -0.4 is 0 Å². The first-order valence-electron chi connectivity index (χ1n) is 7.95. The molecule has 1 saturated carbocycles. The predicted octanol–water partition coefficient (Wildman–Crippen LogP) is 2.59. The monoisotopic (exact) mass is 289 g/mol. The van der Waals surface area contributed by atoms with Crippen LogP contribution in [0, 0.1) is 11.8 Å². The van der Waals surface area contributed by atoms with Gasteiger partial charge in [0.15, 0.2) is 5.79 Å². The van der Waals surface area contributed by atoms with Gasteiger partial charge in [-0.05, 0) is 18.4 Å². The summed E-state index contributed by atoms with van der Waals surface area (Å²) in [4.78, 5) is 6.16. The van der Waals surface area contributed by atoms with E-state index in [4.69, 9.17) is 14.3 Å². The van der Waals surface area contributed by atoms with Gasteiger partial charge in [-0.1, -0.05) is 37.3 Å². The maximum atomic E-state index is 6.16. The summed E-state index contributed by atoms with van der Waals surface area (Å²) >= 11 is 0. The van der Waals surface area contributed by atoms with Crippen LogP contribution in [0.5, 0.6) is 0 Å². The third-order valence-corrected chi connectivity index (χ3v) is 5.16. The second-order valence-electron chi connectivity index (χ2n) is 6.58. The number of hydrogen-bond acceptors (Lipinski definition) is 4. The lowest BCUT2D eigenvalue weighted by Crippen LogP contribution is -2.42. The van der Waals surface area contributed by atoms with E-state index in [9.17, 15) is 0 Å². The van der Waals surface area contributed by atoms with Gasteiger partial charge in [0.25, 0.3) is 0 Å². The number of hydrogen-bond donors (Lipinski definition) is 0. The van der Waals surface area contributed by atoms with Crippen molar-refractivity contribution in [3.05, 3.63) is 35.9 Å². The maximum Gasteiger partial charge on any atom is 0.175 e. The highest BCUT2D eigenvalue weighted by Crippen LogP contribution is 2.53. The Bertz CT molecular complexity index is 500. The van der Waals surface area contributed by atoms with Crippen molar-refractivity contribution in [3.63, 3.8) is 0 Å². The van der Waals surface area contributed by atoms with Crippen LogP contribution in [-0.4, -0.2) is 36.2 Å². The summed E-state index contributed by atoms with van der Waals surface area (Å²) in [7, 11) is 0. The molecule has 1 spiro atoms. The molecule has 0 aromatic heterocycles. The van der Waals surface area contributed by atoms with Crippen LogP contribution in [0.3, 0.4) is 0 Å². The highest BCUT2D eigenvalue weighted by Gasteiger charge is 2.63. The van der Waals surface area contributed by atoms with Crippen molar-refractivity contribution in [2.24, 2.45) is 11.8 Å². The molecule has 114 valence electrons. The molecule has 1 aliphatic carbocycles. The number of ether oxygens (including phenoxy) is 2. The van der Waals surface area contributed by atoms with Gasteiger partial charge in [0, 0.05) is 19.0 Å². The fraction of sp³-hybridized carbons (Fsp3) is 0.647. The largest absolute Gasteiger partial charge is 0.347 e. The molecule has 3 fully saturated rings. The zero-order valence-electron chi connectivity index (χ0n) is 12.7. The summed E-state index contributed by atoms with van der Waals surface area (Å²) in [5.74, 6) is 0.412. The van der Waals surface area contributed by atoms with Crippen LogP contribution in [-0.2, 0) is 20.9 Å². The molecule has 0 unspecified atom stereocenters. The van der Waals surface area contributed by atoms with E-state index >= 15 is 0 Å². The molecule has 21 heavy (non-hydrogen) atoms. The van der Waals surface area contributed by atoms with Crippen molar-refractivity contribution in [1.82, 2.24) is 5.06 Å². The molecular weight excluding hydrogens is 266 g/mol. The molecule has 0 radical (unpaired) electrons. The van der Waals surface area contributed by atoms with Crippen molar-refractivity contribution >= 4 is 0 Å². The van der Waals surface area contributed by atoms with E-state index in [2.05, 4.69) is 43.2 Å². The van der Waals surface area contributed by atoms with Crippen LogP contribution >= 0.6 is 0 Å². The number of hydroxylamine groups is 2. The molecule has 1 aromatic carbocycles. The second-order valence-corrected chi connectivity index (χ2v) is 6.58. The van der Waals surface area contributed by atoms with Gasteiger partial charge in [-0.3, -0.25) is 4.84 Å². The first-order chi connectivity index (χ1) is 10.2. The lowest BCUT2D eigenvalue weighted by atomic mass is 9.93. The average molecular weight is 289 g/mol. The van der Waals surface area contributed by atoms with E-state index in [0.29, 0.717) is 31.1 Å². The molecular formula is C17H23NO3. The molecule has 0 amide bonds. The molecule has 3 aliphatic rings. The van der Waals surface area contributed by atoms with Gasteiger partial charge >= 0.3 is 0 Å². The molecule has 0 bridgehead atoms. The van der Waals surface area contributed by atoms with E-state index in [0.717, 1.165) is 13.0 Å². The summed E-state index contributed by atoms with van der Waals surface area (Å²) in [6, 6.07) is 10.9. The quantitative estimate of drug-likeness (QED) is 0.837. The highest BCUT2D eigenvalue weighted by atomic mass is 16.8. The maximum absolute atomic E-state index is 6.16. The normalized spacial score (nSPS) is 38.2. The smallest absolute Gasteiger partial charge is 0.175 e. The van der Waals surface area contributed by atoms with Gasteiger partial charge in [-0.25, -0.2) is 0 Å². The zero-order chi connectivity index (χ0) is 14.4.